The second-order valence-corrected chi connectivity index (χ2v) is 5.95. The smallest absolute Gasteiger partial charge is 0.00777 e. The molecule has 1 aromatic carbocycles. The van der Waals surface area contributed by atoms with Gasteiger partial charge in [-0.1, -0.05) is 47.6 Å². The fourth-order valence-corrected chi connectivity index (χ4v) is 2.85. The van der Waals surface area contributed by atoms with Gasteiger partial charge in [0.05, 0.1) is 0 Å². The number of hydrogen-bond acceptors (Lipinski definition) is 1. The summed E-state index contributed by atoms with van der Waals surface area (Å²) in [6.45, 7) is 13.6. The van der Waals surface area contributed by atoms with Gasteiger partial charge in [-0.15, -0.1) is 12.6 Å². The minimum absolute atomic E-state index is 0. The van der Waals surface area contributed by atoms with Crippen LogP contribution in [0.1, 0.15) is 76.0 Å². The van der Waals surface area contributed by atoms with Crippen LogP contribution in [0.25, 0.3) is 0 Å². The highest BCUT2D eigenvalue weighted by molar-refractivity contribution is 7.80. The first-order chi connectivity index (χ1) is 7.36. The van der Waals surface area contributed by atoms with Crippen LogP contribution in [-0.2, 0) is 0 Å². The van der Waals surface area contributed by atoms with Gasteiger partial charge in [-0.25, -0.2) is 0 Å². The molecule has 0 fully saturated rings. The minimum Gasteiger partial charge on any atom is -0.269 e. The molecule has 0 aliphatic rings. The van der Waals surface area contributed by atoms with Crippen molar-refractivity contribution >= 4 is 12.6 Å². The predicted octanol–water partition coefficient (Wildman–Crippen LogP) is 5.80. The lowest BCUT2D eigenvalue weighted by molar-refractivity contribution is 0.735. The molecule has 0 radical (unpaired) electrons. The maximum Gasteiger partial charge on any atom is 0.00777 e. The highest BCUT2D eigenvalue weighted by Crippen LogP contribution is 2.36. The van der Waals surface area contributed by atoms with E-state index < -0.39 is 0 Å². The highest BCUT2D eigenvalue weighted by Gasteiger charge is 2.18. The van der Waals surface area contributed by atoms with E-state index in [1.165, 1.54) is 16.7 Å². The summed E-state index contributed by atoms with van der Waals surface area (Å²) in [5.41, 5.74) is 4.43. The fraction of sp³-hybridized carbons (Fsp3) is 0.600. The number of hydrogen-bond donors (Lipinski definition) is 1. The van der Waals surface area contributed by atoms with E-state index in [0.29, 0.717) is 17.8 Å². The van der Waals surface area contributed by atoms with E-state index >= 15 is 0 Å². The van der Waals surface area contributed by atoms with Gasteiger partial charge in [0.2, 0.25) is 0 Å². The van der Waals surface area contributed by atoms with Crippen LogP contribution in [0.2, 0.25) is 0 Å². The Labute approximate surface area is 120 Å². The SMILES string of the molecule is CC(C)c1ccc(S)c(C(C)C)c1C(C)C.F.F.F. The molecule has 1 rings (SSSR count). The molecule has 4 heteroatoms. The normalized spacial score (nSPS) is 10.0. The average Bonchev–Trinajstić information content (AvgIpc) is 2.15. The Balaban J connectivity index is -0.000000853. The Morgan fingerprint density at radius 2 is 1.11 bits per heavy atom. The van der Waals surface area contributed by atoms with Crippen LogP contribution in [0.3, 0.4) is 0 Å². The number of rotatable bonds is 3. The van der Waals surface area contributed by atoms with Gasteiger partial charge in [0, 0.05) is 4.90 Å². The zero-order chi connectivity index (χ0) is 12.5. The van der Waals surface area contributed by atoms with Crippen LogP contribution in [0.15, 0.2) is 17.0 Å². The van der Waals surface area contributed by atoms with Gasteiger partial charge in [0.15, 0.2) is 0 Å². The van der Waals surface area contributed by atoms with Gasteiger partial charge in [0.1, 0.15) is 0 Å². The van der Waals surface area contributed by atoms with Crippen LogP contribution in [0.4, 0.5) is 14.1 Å². The summed E-state index contributed by atoms with van der Waals surface area (Å²) in [5.74, 6) is 1.70. The van der Waals surface area contributed by atoms with E-state index in [2.05, 4.69) is 66.3 Å². The molecule has 1 aromatic rings. The molecule has 0 amide bonds. The maximum atomic E-state index is 4.62. The maximum absolute atomic E-state index is 4.62. The third kappa shape index (κ3) is 5.09. The van der Waals surface area contributed by atoms with E-state index in [1.54, 1.807) is 0 Å². The van der Waals surface area contributed by atoms with Crippen LogP contribution in [0, 0.1) is 0 Å². The summed E-state index contributed by atoms with van der Waals surface area (Å²) in [5, 5.41) is 0. The molecule has 0 saturated carbocycles. The van der Waals surface area contributed by atoms with Crippen molar-refractivity contribution in [3.63, 3.8) is 0 Å². The Morgan fingerprint density at radius 1 is 0.684 bits per heavy atom. The quantitative estimate of drug-likeness (QED) is 0.669. The van der Waals surface area contributed by atoms with E-state index in [4.69, 9.17) is 0 Å². The molecular formula is C15H27F3S. The molecule has 0 saturated heterocycles. The van der Waals surface area contributed by atoms with Crippen LogP contribution < -0.4 is 0 Å². The van der Waals surface area contributed by atoms with Gasteiger partial charge in [-0.05, 0) is 40.5 Å². The van der Waals surface area contributed by atoms with E-state index in [9.17, 15) is 0 Å². The van der Waals surface area contributed by atoms with Gasteiger partial charge in [-0.3, -0.25) is 14.1 Å². The van der Waals surface area contributed by atoms with Crippen molar-refractivity contribution in [1.82, 2.24) is 0 Å². The van der Waals surface area contributed by atoms with Crippen molar-refractivity contribution in [2.24, 2.45) is 0 Å². The molecule has 114 valence electrons. The van der Waals surface area contributed by atoms with E-state index in [0.717, 1.165) is 4.90 Å². The summed E-state index contributed by atoms with van der Waals surface area (Å²) < 4.78 is 0. The third-order valence-corrected chi connectivity index (χ3v) is 3.46. The molecule has 0 aromatic heterocycles. The second kappa shape index (κ2) is 9.29. The molecular weight excluding hydrogens is 269 g/mol. The van der Waals surface area contributed by atoms with Crippen molar-refractivity contribution < 1.29 is 14.1 Å². The Hall–Kier alpha value is -0.640. The minimum atomic E-state index is 0. The Morgan fingerprint density at radius 3 is 1.42 bits per heavy atom. The summed E-state index contributed by atoms with van der Waals surface area (Å²) in [6.07, 6.45) is 0. The Bertz CT molecular complexity index is 374. The van der Waals surface area contributed by atoms with Gasteiger partial charge in [-0.2, -0.15) is 0 Å². The first kappa shape index (κ1) is 23.5. The van der Waals surface area contributed by atoms with Crippen molar-refractivity contribution in [3.05, 3.63) is 28.8 Å². The van der Waals surface area contributed by atoms with Gasteiger partial charge < -0.3 is 0 Å². The molecule has 19 heavy (non-hydrogen) atoms. The Kier molecular flexibility index (Phi) is 11.5. The summed E-state index contributed by atoms with van der Waals surface area (Å²) in [4.78, 5) is 1.14. The van der Waals surface area contributed by atoms with Crippen molar-refractivity contribution in [2.75, 3.05) is 0 Å². The van der Waals surface area contributed by atoms with E-state index in [-0.39, 0.29) is 14.1 Å². The molecule has 0 N–H and O–H groups in total. The van der Waals surface area contributed by atoms with Crippen molar-refractivity contribution in [3.8, 4) is 0 Å². The van der Waals surface area contributed by atoms with Crippen molar-refractivity contribution in [1.29, 1.82) is 0 Å². The predicted molar refractivity (Wildman–Crippen MR) is 83.5 cm³/mol. The van der Waals surface area contributed by atoms with Crippen LogP contribution in [0.5, 0.6) is 0 Å². The molecule has 0 spiro atoms. The topological polar surface area (TPSA) is 0 Å². The zero-order valence-corrected chi connectivity index (χ0v) is 13.5. The lowest BCUT2D eigenvalue weighted by atomic mass is 9.83. The molecule has 0 atom stereocenters. The number of thiol groups is 1. The molecule has 0 bridgehead atoms. The highest BCUT2D eigenvalue weighted by atomic mass is 32.1. The summed E-state index contributed by atoms with van der Waals surface area (Å²) >= 11 is 4.62. The van der Waals surface area contributed by atoms with Crippen LogP contribution in [-0.4, -0.2) is 0 Å². The third-order valence-electron chi connectivity index (χ3n) is 3.07. The fourth-order valence-electron chi connectivity index (χ4n) is 2.40. The van der Waals surface area contributed by atoms with Crippen LogP contribution >= 0.6 is 12.6 Å². The summed E-state index contributed by atoms with van der Waals surface area (Å²) in [7, 11) is 0. The van der Waals surface area contributed by atoms with Crippen molar-refractivity contribution in [2.45, 2.75) is 64.2 Å². The monoisotopic (exact) mass is 296 g/mol. The first-order valence-corrected chi connectivity index (χ1v) is 6.66. The zero-order valence-electron chi connectivity index (χ0n) is 12.6. The first-order valence-electron chi connectivity index (χ1n) is 6.21. The number of halogens is 3. The lowest BCUT2D eigenvalue weighted by Gasteiger charge is -2.24. The summed E-state index contributed by atoms with van der Waals surface area (Å²) in [6, 6.07) is 4.40. The average molecular weight is 296 g/mol. The molecule has 0 nitrogen and oxygen atoms in total. The molecule has 0 unspecified atom stereocenters. The standard InChI is InChI=1S/C15H24S.3FH/c1-9(2)12-7-8-13(16)15(11(5)6)14(12)10(3)4;;;/h7-11,16H,1-6H3;3*1H. The molecule has 0 heterocycles. The number of benzene rings is 1. The molecule has 0 aliphatic heterocycles. The largest absolute Gasteiger partial charge is 0.269 e. The second-order valence-electron chi connectivity index (χ2n) is 5.47. The lowest BCUT2D eigenvalue weighted by Crippen LogP contribution is -2.06. The van der Waals surface area contributed by atoms with Gasteiger partial charge in [0.25, 0.3) is 0 Å². The van der Waals surface area contributed by atoms with E-state index in [1.807, 2.05) is 0 Å². The van der Waals surface area contributed by atoms with Gasteiger partial charge >= 0.3 is 0 Å². The molecule has 0 aliphatic carbocycles.